The van der Waals surface area contributed by atoms with Gasteiger partial charge in [-0.3, -0.25) is 4.79 Å². The Labute approximate surface area is 165 Å². The van der Waals surface area contributed by atoms with Crippen LogP contribution in [0.5, 0.6) is 0 Å². The van der Waals surface area contributed by atoms with Gasteiger partial charge >= 0.3 is 12.1 Å². The molecule has 0 radical (unpaired) electrons. The lowest BCUT2D eigenvalue weighted by atomic mass is 10.0. The summed E-state index contributed by atoms with van der Waals surface area (Å²) in [6.07, 6.45) is 3.62. The van der Waals surface area contributed by atoms with Gasteiger partial charge in [0, 0.05) is 13.0 Å². The molecule has 28 heavy (non-hydrogen) atoms. The number of carbonyl (C=O) groups is 3. The number of esters is 1. The van der Waals surface area contributed by atoms with Gasteiger partial charge < -0.3 is 19.7 Å². The van der Waals surface area contributed by atoms with Crippen molar-refractivity contribution in [1.29, 1.82) is 0 Å². The quantitative estimate of drug-likeness (QED) is 0.619. The third-order valence-corrected chi connectivity index (χ3v) is 4.23. The molecule has 0 bridgehead atoms. The fraction of sp³-hybridized carbons (Fsp3) is 0.476. The van der Waals surface area contributed by atoms with Crippen molar-refractivity contribution in [2.45, 2.75) is 51.3 Å². The van der Waals surface area contributed by atoms with Gasteiger partial charge in [0.05, 0.1) is 7.11 Å². The maximum Gasteiger partial charge on any atom is 0.408 e. The van der Waals surface area contributed by atoms with Crippen molar-refractivity contribution in [3.05, 3.63) is 48.0 Å². The third-order valence-electron chi connectivity index (χ3n) is 4.23. The highest BCUT2D eigenvalue weighted by Crippen LogP contribution is 2.17. The van der Waals surface area contributed by atoms with E-state index in [1.54, 1.807) is 20.8 Å². The van der Waals surface area contributed by atoms with Gasteiger partial charge in [0.15, 0.2) is 0 Å². The Morgan fingerprint density at radius 1 is 1.21 bits per heavy atom. The van der Waals surface area contributed by atoms with Gasteiger partial charge in [-0.2, -0.15) is 0 Å². The minimum absolute atomic E-state index is 0.262. The lowest BCUT2D eigenvalue weighted by molar-refractivity contribution is -0.153. The second-order valence-electron chi connectivity index (χ2n) is 7.63. The van der Waals surface area contributed by atoms with Crippen molar-refractivity contribution in [3.8, 4) is 0 Å². The number of carbonyl (C=O) groups excluding carboxylic acids is 3. The first-order valence-corrected chi connectivity index (χ1v) is 9.28. The number of amides is 2. The van der Waals surface area contributed by atoms with Crippen LogP contribution in [0, 0.1) is 0 Å². The van der Waals surface area contributed by atoms with Gasteiger partial charge in [0.2, 0.25) is 5.91 Å². The van der Waals surface area contributed by atoms with E-state index in [0.717, 1.165) is 5.56 Å². The Balaban J connectivity index is 2.20. The molecule has 2 amide bonds. The van der Waals surface area contributed by atoms with Crippen LogP contribution in [-0.2, 0) is 25.5 Å². The second-order valence-corrected chi connectivity index (χ2v) is 7.63. The summed E-state index contributed by atoms with van der Waals surface area (Å²) in [4.78, 5) is 39.1. The standard InChI is InChI=1S/C21H28N2O5/c1-21(2,3)28-20(26)22-16-12-8-9-13-23(18(16)24)17(19(25)27-4)14-15-10-6-5-7-11-15/h5-11,16-17H,12-14H2,1-4H3,(H,22,26)/t16-,17+/m0/s1. The topological polar surface area (TPSA) is 84.9 Å². The van der Waals surface area contributed by atoms with Crippen molar-refractivity contribution in [3.63, 3.8) is 0 Å². The highest BCUT2D eigenvalue weighted by atomic mass is 16.6. The van der Waals surface area contributed by atoms with Gasteiger partial charge in [0.25, 0.3) is 0 Å². The zero-order valence-corrected chi connectivity index (χ0v) is 16.8. The van der Waals surface area contributed by atoms with Crippen LogP contribution in [0.15, 0.2) is 42.5 Å². The largest absolute Gasteiger partial charge is 0.467 e. The number of benzene rings is 1. The molecule has 0 unspecified atom stereocenters. The maximum atomic E-state index is 13.1. The Morgan fingerprint density at radius 2 is 1.89 bits per heavy atom. The molecule has 1 N–H and O–H groups in total. The smallest absolute Gasteiger partial charge is 0.408 e. The minimum Gasteiger partial charge on any atom is -0.467 e. The molecular formula is C21H28N2O5. The number of nitrogens with zero attached hydrogens (tertiary/aromatic N) is 1. The normalized spacial score (nSPS) is 18.2. The zero-order valence-electron chi connectivity index (χ0n) is 16.8. The van der Waals surface area contributed by atoms with Crippen LogP contribution in [0.2, 0.25) is 0 Å². The Kier molecular flexibility index (Phi) is 7.20. The molecule has 1 aliphatic rings. The van der Waals surface area contributed by atoms with Gasteiger partial charge in [-0.15, -0.1) is 0 Å². The zero-order chi connectivity index (χ0) is 20.7. The van der Waals surface area contributed by atoms with E-state index in [4.69, 9.17) is 9.47 Å². The van der Waals surface area contributed by atoms with Gasteiger partial charge in [-0.1, -0.05) is 42.5 Å². The molecule has 0 aromatic heterocycles. The van der Waals surface area contributed by atoms with Crippen molar-refractivity contribution < 1.29 is 23.9 Å². The summed E-state index contributed by atoms with van der Waals surface area (Å²) in [5.74, 6) is -0.842. The lowest BCUT2D eigenvalue weighted by Crippen LogP contribution is -2.54. The summed E-state index contributed by atoms with van der Waals surface area (Å²) in [5.41, 5.74) is 0.241. The number of methoxy groups -OCH3 is 1. The molecule has 0 spiro atoms. The van der Waals surface area contributed by atoms with Gasteiger partial charge in [-0.05, 0) is 32.8 Å². The molecule has 152 valence electrons. The minimum atomic E-state index is -0.809. The van der Waals surface area contributed by atoms with E-state index in [0.29, 0.717) is 12.8 Å². The summed E-state index contributed by atoms with van der Waals surface area (Å²) in [6.45, 7) is 5.51. The molecule has 7 nitrogen and oxygen atoms in total. The van der Waals surface area contributed by atoms with Gasteiger partial charge in [0.1, 0.15) is 17.7 Å². The molecule has 7 heteroatoms. The van der Waals surface area contributed by atoms with E-state index < -0.39 is 29.7 Å². The first kappa shape index (κ1) is 21.5. The number of hydrogen-bond acceptors (Lipinski definition) is 5. The number of rotatable bonds is 5. The first-order valence-electron chi connectivity index (χ1n) is 9.28. The van der Waals surface area contributed by atoms with Crippen LogP contribution in [0.1, 0.15) is 32.8 Å². The summed E-state index contributed by atoms with van der Waals surface area (Å²) in [6, 6.07) is 7.83. The Morgan fingerprint density at radius 3 is 2.50 bits per heavy atom. The molecule has 1 heterocycles. The molecule has 0 saturated heterocycles. The molecule has 0 fully saturated rings. The van der Waals surface area contributed by atoms with Crippen LogP contribution < -0.4 is 5.32 Å². The van der Waals surface area contributed by atoms with E-state index in [9.17, 15) is 14.4 Å². The molecular weight excluding hydrogens is 360 g/mol. The van der Waals surface area contributed by atoms with Crippen molar-refractivity contribution in [2.75, 3.05) is 13.7 Å². The predicted octanol–water partition coefficient (Wildman–Crippen LogP) is 2.45. The molecule has 2 atom stereocenters. The number of alkyl carbamates (subject to hydrolysis) is 1. The van der Waals surface area contributed by atoms with E-state index in [2.05, 4.69) is 5.32 Å². The highest BCUT2D eigenvalue weighted by molar-refractivity contribution is 5.90. The van der Waals surface area contributed by atoms with Crippen molar-refractivity contribution in [2.24, 2.45) is 0 Å². The highest BCUT2D eigenvalue weighted by Gasteiger charge is 2.36. The van der Waals surface area contributed by atoms with Crippen LogP contribution >= 0.6 is 0 Å². The summed E-state index contributed by atoms with van der Waals surface area (Å²) < 4.78 is 10.2. The lowest BCUT2D eigenvalue weighted by Gasteiger charge is -2.31. The molecule has 1 aromatic carbocycles. The molecule has 0 saturated carbocycles. The SMILES string of the molecule is COC(=O)[C@@H](Cc1ccccc1)N1CC=CC[C@H](NC(=O)OC(C)(C)C)C1=O. The van der Waals surface area contributed by atoms with Crippen LogP contribution in [0.4, 0.5) is 4.79 Å². The number of nitrogens with one attached hydrogen (secondary N) is 1. The van der Waals surface area contributed by atoms with Crippen molar-refractivity contribution >= 4 is 18.0 Å². The van der Waals surface area contributed by atoms with Crippen LogP contribution in [-0.4, -0.2) is 54.2 Å². The molecule has 1 aliphatic heterocycles. The first-order chi connectivity index (χ1) is 13.2. The third kappa shape index (κ3) is 6.11. The van der Waals surface area contributed by atoms with Gasteiger partial charge in [-0.25, -0.2) is 9.59 Å². The van der Waals surface area contributed by atoms with Crippen LogP contribution in [0.25, 0.3) is 0 Å². The monoisotopic (exact) mass is 388 g/mol. The fourth-order valence-corrected chi connectivity index (χ4v) is 2.96. The maximum absolute atomic E-state index is 13.1. The summed E-state index contributed by atoms with van der Waals surface area (Å²) >= 11 is 0. The molecule has 1 aromatic rings. The van der Waals surface area contributed by atoms with E-state index in [1.807, 2.05) is 42.5 Å². The van der Waals surface area contributed by atoms with E-state index in [-0.39, 0.29) is 12.5 Å². The van der Waals surface area contributed by atoms with Crippen LogP contribution in [0.3, 0.4) is 0 Å². The second kappa shape index (κ2) is 9.39. The average Bonchev–Trinajstić information content (AvgIpc) is 2.80. The summed E-state index contributed by atoms with van der Waals surface area (Å²) in [5, 5.41) is 2.62. The Bertz CT molecular complexity index is 724. The molecule has 0 aliphatic carbocycles. The number of ether oxygens (including phenoxy) is 2. The van der Waals surface area contributed by atoms with Crippen molar-refractivity contribution in [1.82, 2.24) is 10.2 Å². The van der Waals surface area contributed by atoms with E-state index >= 15 is 0 Å². The average molecular weight is 388 g/mol. The predicted molar refractivity (Wildman–Crippen MR) is 105 cm³/mol. The molecule has 2 rings (SSSR count). The Hall–Kier alpha value is -2.83. The van der Waals surface area contributed by atoms with E-state index in [1.165, 1.54) is 12.0 Å². The fourth-order valence-electron chi connectivity index (χ4n) is 2.96. The number of hydrogen-bond donors (Lipinski definition) is 1. The summed E-state index contributed by atoms with van der Waals surface area (Å²) in [7, 11) is 1.30.